The Morgan fingerprint density at radius 3 is 2.16 bits per heavy atom. The van der Waals surface area contributed by atoms with Crippen LogP contribution in [0.25, 0.3) is 0 Å². The van der Waals surface area contributed by atoms with E-state index in [0.717, 1.165) is 43.4 Å². The standard InChI is InChI=1S/C27H49FO3S/c1-19(12-8-16-27(6,30)17-9-13-21(3)31-28)10-7-11-20(2)14-15-24-18-25(29)22(4)23(5)26(24)32/h18-22,25,29-30,32H,7-17H2,1-6H3. The summed E-state index contributed by atoms with van der Waals surface area (Å²) in [5.41, 5.74) is 1.74. The number of thiol groups is 1. The van der Waals surface area contributed by atoms with E-state index in [1.807, 2.05) is 13.0 Å². The van der Waals surface area contributed by atoms with Crippen LogP contribution in [0.3, 0.4) is 0 Å². The van der Waals surface area contributed by atoms with Gasteiger partial charge in [0.25, 0.3) is 0 Å². The van der Waals surface area contributed by atoms with Crippen molar-refractivity contribution < 1.29 is 19.7 Å². The molecule has 6 unspecified atom stereocenters. The van der Waals surface area contributed by atoms with Crippen LogP contribution in [0, 0.1) is 17.8 Å². The van der Waals surface area contributed by atoms with Crippen molar-refractivity contribution >= 4 is 12.6 Å². The monoisotopic (exact) mass is 472 g/mol. The van der Waals surface area contributed by atoms with Gasteiger partial charge in [-0.05, 0) is 81.2 Å². The molecule has 3 nitrogen and oxygen atoms in total. The maximum Gasteiger partial charge on any atom is 0.0955 e. The molecule has 0 aromatic rings. The largest absolute Gasteiger partial charge is 0.390 e. The highest BCUT2D eigenvalue weighted by Crippen LogP contribution is 2.35. The van der Waals surface area contributed by atoms with Crippen molar-refractivity contribution in [1.82, 2.24) is 0 Å². The van der Waals surface area contributed by atoms with Crippen molar-refractivity contribution in [2.75, 3.05) is 0 Å². The average Bonchev–Trinajstić information content (AvgIpc) is 2.73. The van der Waals surface area contributed by atoms with Crippen molar-refractivity contribution in [2.24, 2.45) is 17.8 Å². The maximum atomic E-state index is 12.1. The quantitative estimate of drug-likeness (QED) is 0.201. The predicted molar refractivity (Wildman–Crippen MR) is 136 cm³/mol. The number of halogens is 1. The number of hydrogen-bond acceptors (Lipinski definition) is 4. The van der Waals surface area contributed by atoms with E-state index in [0.29, 0.717) is 24.7 Å². The lowest BCUT2D eigenvalue weighted by atomic mass is 9.85. The van der Waals surface area contributed by atoms with Gasteiger partial charge in [-0.2, -0.15) is 4.94 Å². The summed E-state index contributed by atoms with van der Waals surface area (Å²) in [7, 11) is 0. The zero-order chi connectivity index (χ0) is 24.3. The van der Waals surface area contributed by atoms with Crippen LogP contribution in [0.4, 0.5) is 4.53 Å². The van der Waals surface area contributed by atoms with Crippen LogP contribution < -0.4 is 0 Å². The first-order chi connectivity index (χ1) is 15.0. The first kappa shape index (κ1) is 29.7. The number of aliphatic hydroxyl groups excluding tert-OH is 1. The van der Waals surface area contributed by atoms with Gasteiger partial charge in [-0.15, -0.1) is 12.6 Å². The molecule has 0 amide bonds. The van der Waals surface area contributed by atoms with Gasteiger partial charge in [0.15, 0.2) is 0 Å². The van der Waals surface area contributed by atoms with Gasteiger partial charge >= 0.3 is 0 Å². The minimum absolute atomic E-state index is 0.161. The SMILES string of the molecule is CC1=C(S)C(CCC(C)CCCC(C)CCCC(C)(O)CCCC(C)OF)=CC(O)C1C. The molecule has 0 aromatic carbocycles. The van der Waals surface area contributed by atoms with Crippen LogP contribution in [0.2, 0.25) is 0 Å². The lowest BCUT2D eigenvalue weighted by molar-refractivity contribution is -0.175. The molecule has 0 fully saturated rings. The van der Waals surface area contributed by atoms with Gasteiger partial charge in [0.1, 0.15) is 0 Å². The third-order valence-electron chi connectivity index (χ3n) is 7.44. The molecule has 0 radical (unpaired) electrons. The molecule has 1 rings (SSSR count). The molecule has 0 saturated heterocycles. The summed E-state index contributed by atoms with van der Waals surface area (Å²) in [5.74, 6) is 1.50. The smallest absolute Gasteiger partial charge is 0.0955 e. The van der Waals surface area contributed by atoms with E-state index in [9.17, 15) is 14.7 Å². The molecular weight excluding hydrogens is 423 g/mol. The van der Waals surface area contributed by atoms with Crippen LogP contribution in [0.5, 0.6) is 0 Å². The molecule has 188 valence electrons. The molecule has 2 N–H and O–H groups in total. The van der Waals surface area contributed by atoms with Crippen molar-refractivity contribution in [3.63, 3.8) is 0 Å². The summed E-state index contributed by atoms with van der Waals surface area (Å²) in [4.78, 5) is 4.87. The van der Waals surface area contributed by atoms with E-state index < -0.39 is 5.60 Å². The molecule has 32 heavy (non-hydrogen) atoms. The Hall–Kier alpha value is -0.360. The molecule has 0 aliphatic heterocycles. The fourth-order valence-corrected chi connectivity index (χ4v) is 5.02. The number of rotatable bonds is 16. The van der Waals surface area contributed by atoms with Gasteiger partial charge in [-0.3, -0.25) is 0 Å². The van der Waals surface area contributed by atoms with Gasteiger partial charge in [0, 0.05) is 10.8 Å². The molecular formula is C27H49FO3S. The fourth-order valence-electron chi connectivity index (χ4n) is 4.63. The first-order valence-corrected chi connectivity index (χ1v) is 13.2. The normalized spacial score (nSPS) is 24.1. The zero-order valence-corrected chi connectivity index (χ0v) is 22.3. The Morgan fingerprint density at radius 1 is 1.03 bits per heavy atom. The summed E-state index contributed by atoms with van der Waals surface area (Å²) in [6.07, 6.45) is 12.1. The Kier molecular flexibility index (Phi) is 13.7. The number of hydrogen-bond donors (Lipinski definition) is 3. The van der Waals surface area contributed by atoms with Gasteiger partial charge in [0.2, 0.25) is 0 Å². The topological polar surface area (TPSA) is 49.7 Å². The highest BCUT2D eigenvalue weighted by molar-refractivity contribution is 7.84. The molecule has 0 spiro atoms. The van der Waals surface area contributed by atoms with E-state index in [2.05, 4.69) is 32.6 Å². The molecule has 5 heteroatoms. The predicted octanol–water partition coefficient (Wildman–Crippen LogP) is 7.73. The average molecular weight is 473 g/mol. The minimum atomic E-state index is -0.665. The van der Waals surface area contributed by atoms with E-state index >= 15 is 0 Å². The van der Waals surface area contributed by atoms with Crippen molar-refractivity contribution in [3.8, 4) is 0 Å². The second-order valence-corrected chi connectivity index (χ2v) is 11.3. The van der Waals surface area contributed by atoms with Crippen molar-refractivity contribution in [3.05, 3.63) is 22.1 Å². The van der Waals surface area contributed by atoms with Crippen LogP contribution in [-0.2, 0) is 4.94 Å². The van der Waals surface area contributed by atoms with Crippen molar-refractivity contribution in [2.45, 2.75) is 130 Å². The van der Waals surface area contributed by atoms with Crippen LogP contribution >= 0.6 is 12.6 Å². The number of aliphatic hydroxyl groups is 2. The Balaban J connectivity index is 2.19. The van der Waals surface area contributed by atoms with E-state index in [-0.39, 0.29) is 18.1 Å². The second kappa shape index (κ2) is 14.8. The van der Waals surface area contributed by atoms with Gasteiger partial charge in [-0.1, -0.05) is 64.5 Å². The van der Waals surface area contributed by atoms with Crippen LogP contribution in [-0.4, -0.2) is 28.0 Å². The maximum absolute atomic E-state index is 12.1. The third-order valence-corrected chi connectivity index (χ3v) is 8.08. The Morgan fingerprint density at radius 2 is 1.56 bits per heavy atom. The summed E-state index contributed by atoms with van der Waals surface area (Å²) in [6.45, 7) is 12.4. The first-order valence-electron chi connectivity index (χ1n) is 12.8. The van der Waals surface area contributed by atoms with Gasteiger partial charge in [0.05, 0.1) is 17.8 Å². The molecule has 0 aromatic heterocycles. The number of allylic oxidation sites excluding steroid dienone is 1. The van der Waals surface area contributed by atoms with E-state index in [4.69, 9.17) is 12.6 Å². The molecule has 0 saturated carbocycles. The Bertz CT molecular complexity index is 602. The second-order valence-electron chi connectivity index (χ2n) is 10.9. The fraction of sp³-hybridized carbons (Fsp3) is 0.852. The highest BCUT2D eigenvalue weighted by Gasteiger charge is 2.23. The summed E-state index contributed by atoms with van der Waals surface area (Å²) in [5, 5.41) is 20.8. The summed E-state index contributed by atoms with van der Waals surface area (Å²) < 4.78 is 12.1. The van der Waals surface area contributed by atoms with Crippen molar-refractivity contribution in [1.29, 1.82) is 0 Å². The van der Waals surface area contributed by atoms with Crippen LogP contribution in [0.15, 0.2) is 22.1 Å². The molecule has 1 aliphatic rings. The van der Waals surface area contributed by atoms with Gasteiger partial charge in [-0.25, -0.2) is 0 Å². The summed E-state index contributed by atoms with van der Waals surface area (Å²) >= 11 is 4.70. The summed E-state index contributed by atoms with van der Waals surface area (Å²) in [6, 6.07) is 0. The lowest BCUT2D eigenvalue weighted by Gasteiger charge is -2.27. The molecule has 6 atom stereocenters. The lowest BCUT2D eigenvalue weighted by Crippen LogP contribution is -2.24. The third kappa shape index (κ3) is 11.2. The van der Waals surface area contributed by atoms with Gasteiger partial charge < -0.3 is 10.2 Å². The molecule has 0 bridgehead atoms. The zero-order valence-electron chi connectivity index (χ0n) is 21.4. The highest BCUT2D eigenvalue weighted by atomic mass is 32.1. The van der Waals surface area contributed by atoms with E-state index in [1.165, 1.54) is 30.4 Å². The molecule has 0 heterocycles. The Labute approximate surface area is 202 Å². The minimum Gasteiger partial charge on any atom is -0.390 e. The van der Waals surface area contributed by atoms with Crippen LogP contribution in [0.1, 0.15) is 112 Å². The van der Waals surface area contributed by atoms with E-state index in [1.54, 1.807) is 6.92 Å². The molecule has 1 aliphatic carbocycles.